The summed E-state index contributed by atoms with van der Waals surface area (Å²) in [5, 5.41) is 11.3. The van der Waals surface area contributed by atoms with Gasteiger partial charge in [-0.1, -0.05) is 18.2 Å². The molecule has 7 nitrogen and oxygen atoms in total. The normalized spacial score (nSPS) is 15.6. The number of methoxy groups -OCH3 is 1. The van der Waals surface area contributed by atoms with Gasteiger partial charge in [-0.2, -0.15) is 0 Å². The average molecular weight is 405 g/mol. The van der Waals surface area contributed by atoms with Crippen molar-refractivity contribution in [1.29, 1.82) is 0 Å². The van der Waals surface area contributed by atoms with Crippen molar-refractivity contribution in [3.63, 3.8) is 0 Å². The second kappa shape index (κ2) is 9.37. The van der Waals surface area contributed by atoms with Gasteiger partial charge >= 0.3 is 0 Å². The minimum absolute atomic E-state index is 0.106. The molecule has 1 amide bonds. The third-order valence-electron chi connectivity index (χ3n) is 4.86. The predicted molar refractivity (Wildman–Crippen MR) is 112 cm³/mol. The van der Waals surface area contributed by atoms with E-state index in [-0.39, 0.29) is 12.0 Å². The zero-order chi connectivity index (χ0) is 20.8. The number of nitrogens with one attached hydrogen (secondary N) is 1. The van der Waals surface area contributed by atoms with Crippen LogP contribution in [0.3, 0.4) is 0 Å². The lowest BCUT2D eigenvalue weighted by atomic mass is 10.1. The van der Waals surface area contributed by atoms with Crippen LogP contribution in [0.1, 0.15) is 23.2 Å². The van der Waals surface area contributed by atoms with Crippen molar-refractivity contribution in [3.05, 3.63) is 66.2 Å². The second-order valence-electron chi connectivity index (χ2n) is 6.96. The number of hydrogen-bond donors (Lipinski definition) is 1. The third-order valence-corrected chi connectivity index (χ3v) is 4.86. The summed E-state index contributed by atoms with van der Waals surface area (Å²) >= 11 is 0. The van der Waals surface area contributed by atoms with Gasteiger partial charge in [0.1, 0.15) is 11.5 Å². The molecule has 0 saturated carbocycles. The van der Waals surface area contributed by atoms with Gasteiger partial charge < -0.3 is 19.5 Å². The van der Waals surface area contributed by atoms with Gasteiger partial charge in [0.15, 0.2) is 0 Å². The molecule has 0 unspecified atom stereocenters. The highest BCUT2D eigenvalue weighted by molar-refractivity contribution is 5.94. The topological polar surface area (TPSA) is 82.6 Å². The van der Waals surface area contributed by atoms with Crippen molar-refractivity contribution in [2.24, 2.45) is 0 Å². The molecule has 1 atom stereocenters. The van der Waals surface area contributed by atoms with E-state index in [2.05, 4.69) is 15.5 Å². The minimum atomic E-state index is -0.106. The molecule has 0 bridgehead atoms. The maximum absolute atomic E-state index is 12.3. The molecule has 1 N–H and O–H groups in total. The molecule has 2 aromatic carbocycles. The largest absolute Gasteiger partial charge is 0.497 e. The summed E-state index contributed by atoms with van der Waals surface area (Å²) in [5.74, 6) is 1.61. The first kappa shape index (κ1) is 19.8. The maximum Gasteiger partial charge on any atom is 0.251 e. The minimum Gasteiger partial charge on any atom is -0.497 e. The predicted octanol–water partition coefficient (Wildman–Crippen LogP) is 3.85. The third kappa shape index (κ3) is 4.93. The molecule has 154 valence electrons. The molecule has 1 aliphatic rings. The fourth-order valence-corrected chi connectivity index (χ4v) is 3.22. The summed E-state index contributed by atoms with van der Waals surface area (Å²) in [6.45, 7) is 1.32. The van der Waals surface area contributed by atoms with Crippen LogP contribution in [0.2, 0.25) is 0 Å². The lowest BCUT2D eigenvalue weighted by Gasteiger charge is -2.11. The summed E-state index contributed by atoms with van der Waals surface area (Å²) in [4.78, 5) is 12.3. The van der Waals surface area contributed by atoms with Crippen LogP contribution in [0.4, 0.5) is 0 Å². The Morgan fingerprint density at radius 1 is 1.10 bits per heavy atom. The number of ether oxygens (including phenoxy) is 3. The van der Waals surface area contributed by atoms with Crippen LogP contribution in [-0.4, -0.2) is 42.5 Å². The molecule has 0 radical (unpaired) electrons. The van der Waals surface area contributed by atoms with Crippen LogP contribution in [0, 0.1) is 0 Å². The zero-order valence-corrected chi connectivity index (χ0v) is 16.7. The Bertz CT molecular complexity index is 984. The summed E-state index contributed by atoms with van der Waals surface area (Å²) in [6.07, 6.45) is 2.18. The van der Waals surface area contributed by atoms with E-state index in [0.29, 0.717) is 35.2 Å². The van der Waals surface area contributed by atoms with Crippen LogP contribution < -0.4 is 14.8 Å². The van der Waals surface area contributed by atoms with Gasteiger partial charge in [-0.15, -0.1) is 10.2 Å². The molecule has 0 aliphatic carbocycles. The average Bonchev–Trinajstić information content (AvgIpc) is 3.32. The van der Waals surface area contributed by atoms with E-state index in [0.717, 1.165) is 25.0 Å². The standard InChI is InChI=1S/C23H23N3O4/c1-28-18-4-2-5-19(14-18)30-22-12-11-21(25-26-22)16-7-9-17(10-8-16)23(27)24-15-20-6-3-13-29-20/h2,4-5,7-12,14,20H,3,6,13,15H2,1H3,(H,24,27)/t20-/m1/s1. The summed E-state index contributed by atoms with van der Waals surface area (Å²) in [5.41, 5.74) is 2.16. The van der Waals surface area contributed by atoms with E-state index in [4.69, 9.17) is 14.2 Å². The number of benzene rings is 2. The van der Waals surface area contributed by atoms with Gasteiger partial charge in [-0.25, -0.2) is 0 Å². The summed E-state index contributed by atoms with van der Waals surface area (Å²) in [6, 6.07) is 18.1. The SMILES string of the molecule is COc1cccc(Oc2ccc(-c3ccc(C(=O)NC[C@H]4CCCO4)cc3)nn2)c1. The molecule has 0 spiro atoms. The van der Waals surface area contributed by atoms with Gasteiger partial charge in [0, 0.05) is 36.4 Å². The van der Waals surface area contributed by atoms with Gasteiger partial charge in [-0.3, -0.25) is 4.79 Å². The van der Waals surface area contributed by atoms with E-state index in [1.807, 2.05) is 36.4 Å². The Balaban J connectivity index is 1.37. The number of rotatable bonds is 7. The molecule has 3 aromatic rings. The van der Waals surface area contributed by atoms with E-state index >= 15 is 0 Å². The van der Waals surface area contributed by atoms with Crippen molar-refractivity contribution in [2.75, 3.05) is 20.3 Å². The molecular weight excluding hydrogens is 382 g/mol. The Morgan fingerprint density at radius 3 is 2.63 bits per heavy atom. The van der Waals surface area contributed by atoms with E-state index in [1.54, 1.807) is 31.4 Å². The number of carbonyl (C=O) groups is 1. The molecule has 1 saturated heterocycles. The quantitative estimate of drug-likeness (QED) is 0.643. The monoisotopic (exact) mass is 405 g/mol. The molecule has 30 heavy (non-hydrogen) atoms. The number of amides is 1. The van der Waals surface area contributed by atoms with Gasteiger partial charge in [-0.05, 0) is 43.2 Å². The molecule has 7 heteroatoms. The van der Waals surface area contributed by atoms with Crippen molar-refractivity contribution >= 4 is 5.91 Å². The van der Waals surface area contributed by atoms with Crippen molar-refractivity contribution in [2.45, 2.75) is 18.9 Å². The van der Waals surface area contributed by atoms with E-state index in [1.165, 1.54) is 0 Å². The number of nitrogens with zero attached hydrogens (tertiary/aromatic N) is 2. The molecule has 4 rings (SSSR count). The fraction of sp³-hybridized carbons (Fsp3) is 0.261. The van der Waals surface area contributed by atoms with Gasteiger partial charge in [0.05, 0.1) is 18.9 Å². The first-order valence-corrected chi connectivity index (χ1v) is 9.87. The van der Waals surface area contributed by atoms with Crippen LogP contribution in [-0.2, 0) is 4.74 Å². The summed E-state index contributed by atoms with van der Waals surface area (Å²) < 4.78 is 16.4. The zero-order valence-electron chi connectivity index (χ0n) is 16.7. The highest BCUT2D eigenvalue weighted by atomic mass is 16.5. The molecule has 1 aromatic heterocycles. The van der Waals surface area contributed by atoms with Crippen LogP contribution in [0.15, 0.2) is 60.7 Å². The first-order valence-electron chi connectivity index (χ1n) is 9.87. The van der Waals surface area contributed by atoms with Crippen molar-refractivity contribution < 1.29 is 19.0 Å². The first-order chi connectivity index (χ1) is 14.7. The molecular formula is C23H23N3O4. The molecule has 2 heterocycles. The number of hydrogen-bond acceptors (Lipinski definition) is 6. The Hall–Kier alpha value is -3.45. The van der Waals surface area contributed by atoms with Crippen molar-refractivity contribution in [3.8, 4) is 28.6 Å². The van der Waals surface area contributed by atoms with Gasteiger partial charge in [0.25, 0.3) is 5.91 Å². The van der Waals surface area contributed by atoms with E-state index in [9.17, 15) is 4.79 Å². The Kier molecular flexibility index (Phi) is 6.20. The van der Waals surface area contributed by atoms with Crippen LogP contribution in [0.25, 0.3) is 11.3 Å². The smallest absolute Gasteiger partial charge is 0.251 e. The highest BCUT2D eigenvalue weighted by Gasteiger charge is 2.16. The lowest BCUT2D eigenvalue weighted by Crippen LogP contribution is -2.31. The fourth-order valence-electron chi connectivity index (χ4n) is 3.22. The molecule has 1 aliphatic heterocycles. The maximum atomic E-state index is 12.3. The van der Waals surface area contributed by atoms with Crippen LogP contribution in [0.5, 0.6) is 17.4 Å². The number of carbonyl (C=O) groups excluding carboxylic acids is 1. The highest BCUT2D eigenvalue weighted by Crippen LogP contribution is 2.25. The number of aromatic nitrogens is 2. The lowest BCUT2D eigenvalue weighted by molar-refractivity contribution is 0.0858. The van der Waals surface area contributed by atoms with Crippen molar-refractivity contribution in [1.82, 2.24) is 15.5 Å². The Morgan fingerprint density at radius 2 is 1.93 bits per heavy atom. The second-order valence-corrected chi connectivity index (χ2v) is 6.96. The van der Waals surface area contributed by atoms with E-state index < -0.39 is 0 Å². The van der Waals surface area contributed by atoms with Crippen LogP contribution >= 0.6 is 0 Å². The molecule has 1 fully saturated rings. The Labute approximate surface area is 175 Å². The summed E-state index contributed by atoms with van der Waals surface area (Å²) in [7, 11) is 1.60. The van der Waals surface area contributed by atoms with Gasteiger partial charge in [0.2, 0.25) is 5.88 Å².